The molecular weight excluding hydrogens is 96.1 g/mol. The molecule has 0 fully saturated rings. The van der Waals surface area contributed by atoms with E-state index in [4.69, 9.17) is 5.11 Å². The molecule has 0 aliphatic carbocycles. The van der Waals surface area contributed by atoms with Crippen molar-refractivity contribution in [2.75, 3.05) is 0 Å². The molecule has 2 heteroatoms. The van der Waals surface area contributed by atoms with Crippen LogP contribution in [0.15, 0.2) is 0 Å². The molecule has 0 saturated carbocycles. The first kappa shape index (κ1) is 5.96. The molecule has 0 rings (SSSR count). The summed E-state index contributed by atoms with van der Waals surface area (Å²) in [6.45, 7) is 3.48. The van der Waals surface area contributed by atoms with E-state index in [0.717, 1.165) is 0 Å². The summed E-state index contributed by atoms with van der Waals surface area (Å²) >= 11 is 1.29. The molecule has 0 bridgehead atoms. The first-order valence-corrected chi connectivity index (χ1v) is 2.66. The van der Waals surface area contributed by atoms with E-state index in [9.17, 15) is 0 Å². The first-order chi connectivity index (χ1) is 2.77. The van der Waals surface area contributed by atoms with Gasteiger partial charge in [-0.25, -0.2) is 0 Å². The van der Waals surface area contributed by atoms with Crippen LogP contribution in [0, 0.1) is 5.18 Å². The highest BCUT2D eigenvalue weighted by Crippen LogP contribution is 1.87. The molecule has 0 heterocycles. The summed E-state index contributed by atoms with van der Waals surface area (Å²) < 4.78 is 0. The van der Waals surface area contributed by atoms with E-state index in [1.807, 2.05) is 0 Å². The van der Waals surface area contributed by atoms with Crippen LogP contribution in [-0.2, 0) is 0 Å². The third-order valence-corrected chi connectivity index (χ3v) is 0.865. The van der Waals surface area contributed by atoms with Crippen molar-refractivity contribution >= 4 is 11.2 Å². The average Bonchev–Trinajstić information content (AvgIpc) is 1.35. The molecular formula is C4H8OS. The summed E-state index contributed by atoms with van der Waals surface area (Å²) in [7, 11) is 0. The van der Waals surface area contributed by atoms with Gasteiger partial charge in [-0.05, 0) is 13.8 Å². The maximum absolute atomic E-state index is 8.45. The van der Waals surface area contributed by atoms with Gasteiger partial charge in [0, 0.05) is 0 Å². The maximum atomic E-state index is 8.45. The van der Waals surface area contributed by atoms with Crippen molar-refractivity contribution in [3.8, 4) is 5.18 Å². The van der Waals surface area contributed by atoms with Crippen LogP contribution in [0.1, 0.15) is 13.8 Å². The predicted octanol–water partition coefficient (Wildman–Crippen LogP) is 1.04. The summed E-state index contributed by atoms with van der Waals surface area (Å²) in [6.07, 6.45) is 0. The van der Waals surface area contributed by atoms with Gasteiger partial charge in [0.1, 0.15) is 5.44 Å². The van der Waals surface area contributed by atoms with Gasteiger partial charge in [-0.2, -0.15) is 0 Å². The minimum atomic E-state index is -0.296. The Morgan fingerprint density at radius 2 is 2.33 bits per heavy atom. The predicted molar refractivity (Wildman–Crippen MR) is 28.8 cm³/mol. The number of hydrogen-bond donors (Lipinski definition) is 1. The molecule has 0 radical (unpaired) electrons. The third kappa shape index (κ3) is 3.96. The molecule has 1 nitrogen and oxygen atoms in total. The van der Waals surface area contributed by atoms with Gasteiger partial charge in [-0.3, -0.25) is 0 Å². The fourth-order valence-corrected chi connectivity index (χ4v) is 0.512. The molecule has 0 spiro atoms. The fraction of sp³-hybridized carbons (Fsp3) is 0.750. The van der Waals surface area contributed by atoms with Gasteiger partial charge in [0.2, 0.25) is 0 Å². The fourth-order valence-electron chi connectivity index (χ4n) is 0.171. The zero-order valence-corrected chi connectivity index (χ0v) is 4.75. The van der Waals surface area contributed by atoms with Gasteiger partial charge in [-0.15, -0.1) is 11.2 Å². The van der Waals surface area contributed by atoms with Crippen molar-refractivity contribution in [2.24, 2.45) is 0 Å². The van der Waals surface area contributed by atoms with Gasteiger partial charge in [-0.1, -0.05) is 5.18 Å². The molecule has 0 saturated heterocycles. The molecule has 0 aromatic rings. The van der Waals surface area contributed by atoms with Gasteiger partial charge in [0.15, 0.2) is 0 Å². The van der Waals surface area contributed by atoms with Crippen molar-refractivity contribution in [1.82, 2.24) is 0 Å². The lowest BCUT2D eigenvalue weighted by atomic mass is 10.9. The highest BCUT2D eigenvalue weighted by Gasteiger charge is 1.77. The topological polar surface area (TPSA) is 20.2 Å². The Balaban J connectivity index is 3.20. The molecule has 6 heavy (non-hydrogen) atoms. The molecule has 0 amide bonds. The van der Waals surface area contributed by atoms with E-state index in [1.165, 1.54) is 11.2 Å². The van der Waals surface area contributed by atoms with Gasteiger partial charge in [0.05, 0.1) is 0 Å². The molecule has 1 atom stereocenters. The van der Waals surface area contributed by atoms with Crippen LogP contribution >= 0.6 is 11.2 Å². The Labute approximate surface area is 41.6 Å². The van der Waals surface area contributed by atoms with E-state index in [1.54, 1.807) is 13.8 Å². The van der Waals surface area contributed by atoms with Crippen LogP contribution in [0.4, 0.5) is 0 Å². The number of aliphatic hydroxyl groups is 1. The summed E-state index contributed by atoms with van der Waals surface area (Å²) in [5.41, 5.74) is -0.296. The second kappa shape index (κ2) is 3.16. The SMILES string of the molecule is CC#SC(C)O. The standard InChI is InChI=1S/C4H8OS/c1-3-6-4(2)5/h4-5H,1-2H3. The van der Waals surface area contributed by atoms with Crippen LogP contribution in [0.5, 0.6) is 0 Å². The van der Waals surface area contributed by atoms with Crippen molar-refractivity contribution in [1.29, 1.82) is 0 Å². The van der Waals surface area contributed by atoms with Crippen LogP contribution in [0.25, 0.3) is 0 Å². The van der Waals surface area contributed by atoms with E-state index in [2.05, 4.69) is 5.18 Å². The van der Waals surface area contributed by atoms with Crippen LogP contribution in [0.2, 0.25) is 0 Å². The number of hydrogen-bond acceptors (Lipinski definition) is 1. The summed E-state index contributed by atoms with van der Waals surface area (Å²) in [4.78, 5) is 0. The van der Waals surface area contributed by atoms with Crippen molar-refractivity contribution in [3.05, 3.63) is 0 Å². The Morgan fingerprint density at radius 3 is 2.33 bits per heavy atom. The summed E-state index contributed by atoms with van der Waals surface area (Å²) in [5, 5.41) is 11.2. The first-order valence-electron chi connectivity index (χ1n) is 1.78. The highest BCUT2D eigenvalue weighted by atomic mass is 32.1. The van der Waals surface area contributed by atoms with Crippen molar-refractivity contribution in [3.63, 3.8) is 0 Å². The minimum absolute atomic E-state index is 0.296. The lowest BCUT2D eigenvalue weighted by Crippen LogP contribution is -1.82. The smallest absolute Gasteiger partial charge is 0.120 e. The van der Waals surface area contributed by atoms with Crippen LogP contribution in [-0.4, -0.2) is 10.5 Å². The van der Waals surface area contributed by atoms with Gasteiger partial charge in [0.25, 0.3) is 0 Å². The van der Waals surface area contributed by atoms with E-state index < -0.39 is 0 Å². The van der Waals surface area contributed by atoms with E-state index in [0.29, 0.717) is 0 Å². The second-order valence-electron chi connectivity index (χ2n) is 0.921. The zero-order valence-electron chi connectivity index (χ0n) is 3.93. The van der Waals surface area contributed by atoms with E-state index in [-0.39, 0.29) is 5.44 Å². The number of rotatable bonds is 0. The summed E-state index contributed by atoms with van der Waals surface area (Å²) in [5.74, 6) is 0. The molecule has 1 unspecified atom stereocenters. The van der Waals surface area contributed by atoms with Gasteiger partial charge >= 0.3 is 0 Å². The van der Waals surface area contributed by atoms with E-state index >= 15 is 0 Å². The Hall–Kier alpha value is -0.0400. The normalized spacial score (nSPS) is 12.5. The molecule has 0 aromatic heterocycles. The molecule has 0 aliphatic heterocycles. The molecule has 36 valence electrons. The van der Waals surface area contributed by atoms with Crippen molar-refractivity contribution < 1.29 is 5.11 Å². The highest BCUT2D eigenvalue weighted by molar-refractivity contribution is 7.89. The summed E-state index contributed by atoms with van der Waals surface area (Å²) in [6, 6.07) is 0. The average molecular weight is 104 g/mol. The Kier molecular flexibility index (Phi) is 3.14. The van der Waals surface area contributed by atoms with Gasteiger partial charge < -0.3 is 5.11 Å². The zero-order chi connectivity index (χ0) is 4.99. The van der Waals surface area contributed by atoms with Crippen LogP contribution < -0.4 is 0 Å². The quantitative estimate of drug-likeness (QED) is 0.455. The Bertz CT molecular complexity index is 77.3. The van der Waals surface area contributed by atoms with Crippen LogP contribution in [0.3, 0.4) is 0 Å². The number of aliphatic hydroxyl groups excluding tert-OH is 1. The largest absolute Gasteiger partial charge is 0.379 e. The monoisotopic (exact) mass is 104 g/mol. The minimum Gasteiger partial charge on any atom is -0.379 e. The lowest BCUT2D eigenvalue weighted by molar-refractivity contribution is 0.286. The van der Waals surface area contributed by atoms with Crippen molar-refractivity contribution in [2.45, 2.75) is 19.3 Å². The molecule has 0 aliphatic rings. The third-order valence-electron chi connectivity index (χ3n) is 0.288. The molecule has 1 N–H and O–H groups in total. The molecule has 0 aromatic carbocycles. The second-order valence-corrected chi connectivity index (χ2v) is 2.25. The maximum Gasteiger partial charge on any atom is 0.120 e. The lowest BCUT2D eigenvalue weighted by Gasteiger charge is -1.82. The Morgan fingerprint density at radius 1 is 1.83 bits per heavy atom.